The van der Waals surface area contributed by atoms with Gasteiger partial charge in [-0.05, 0) is 10.8 Å². The van der Waals surface area contributed by atoms with Crippen molar-refractivity contribution < 1.29 is 0 Å². The fourth-order valence-corrected chi connectivity index (χ4v) is 0.680. The first-order valence-electron chi connectivity index (χ1n) is 1.97. The molecule has 3 radical (unpaired) electrons. The fourth-order valence-electron chi connectivity index (χ4n) is 0.227. The zero-order valence-electron chi connectivity index (χ0n) is 4.22. The quantitative estimate of drug-likeness (QED) is 0.583. The van der Waals surface area contributed by atoms with Crippen molar-refractivity contribution in [2.24, 2.45) is 0 Å². The van der Waals surface area contributed by atoms with Gasteiger partial charge in [0.2, 0.25) is 0 Å². The smallest absolute Gasteiger partial charge is 0.00934 e. The van der Waals surface area contributed by atoms with E-state index in [1.165, 1.54) is 0 Å². The minimum Gasteiger partial charge on any atom is -0.152 e. The Kier molecular flexibility index (Phi) is 6.96. The van der Waals surface area contributed by atoms with Gasteiger partial charge in [0.25, 0.3) is 0 Å². The zero-order valence-corrected chi connectivity index (χ0v) is 7.89. The molecule has 0 aromatic carbocycles. The second kappa shape index (κ2) is 6.50. The summed E-state index contributed by atoms with van der Waals surface area (Å²) >= 11 is 3.26. The summed E-state index contributed by atoms with van der Waals surface area (Å²) in [5, 5.41) is 4.08. The molecule has 0 atom stereocenters. The molecule has 2 heteroatoms. The van der Waals surface area contributed by atoms with Crippen molar-refractivity contribution in [3.05, 3.63) is 22.9 Å². The molecule has 1 rings (SSSR count). The molecule has 0 nitrogen and oxygen atoms in total. The summed E-state index contributed by atoms with van der Waals surface area (Å²) in [5.74, 6) is 0. The SMILES string of the molecule is [CH3][Sn].c1ccsc1. The molecule has 0 spiro atoms. The van der Waals surface area contributed by atoms with E-state index >= 15 is 0 Å². The van der Waals surface area contributed by atoms with Crippen molar-refractivity contribution in [1.29, 1.82) is 0 Å². The van der Waals surface area contributed by atoms with E-state index in [4.69, 9.17) is 0 Å². The number of thiophene rings is 1. The van der Waals surface area contributed by atoms with Crippen molar-refractivity contribution in [2.75, 3.05) is 0 Å². The Balaban J connectivity index is 0.000000162. The second-order valence-electron chi connectivity index (χ2n) is 0.793. The summed E-state index contributed by atoms with van der Waals surface area (Å²) in [6.45, 7) is 0. The van der Waals surface area contributed by atoms with Gasteiger partial charge < -0.3 is 0 Å². The maximum Gasteiger partial charge on any atom is -0.00934 e. The molecule has 0 bridgehead atoms. The Hall–Kier alpha value is 0.499. The fraction of sp³-hybridized carbons (Fsp3) is 0.200. The molecular formula is C5H7SSn. The molecule has 1 aromatic heterocycles. The van der Waals surface area contributed by atoms with Gasteiger partial charge in [-0.3, -0.25) is 0 Å². The van der Waals surface area contributed by atoms with Crippen LogP contribution in [0.5, 0.6) is 0 Å². The van der Waals surface area contributed by atoms with Crippen molar-refractivity contribution in [3.8, 4) is 0 Å². The van der Waals surface area contributed by atoms with Crippen LogP contribution in [-0.2, 0) is 0 Å². The Morgan fingerprint density at radius 3 is 1.71 bits per heavy atom. The van der Waals surface area contributed by atoms with Gasteiger partial charge in [0.05, 0.1) is 0 Å². The maximum absolute atomic E-state index is 2.09. The van der Waals surface area contributed by atoms with Gasteiger partial charge in [0.1, 0.15) is 0 Å². The molecule has 7 heavy (non-hydrogen) atoms. The molecule has 0 fully saturated rings. The third kappa shape index (κ3) is 4.35. The predicted molar refractivity (Wildman–Crippen MR) is 35.9 cm³/mol. The topological polar surface area (TPSA) is 0 Å². The number of rotatable bonds is 0. The summed E-state index contributed by atoms with van der Waals surface area (Å²) in [5.41, 5.74) is 0. The Labute approximate surface area is 61.7 Å². The minimum absolute atomic E-state index is 1.55. The van der Waals surface area contributed by atoms with Crippen LogP contribution in [0.3, 0.4) is 0 Å². The molecule has 37 valence electrons. The Morgan fingerprint density at radius 2 is 1.57 bits per heavy atom. The van der Waals surface area contributed by atoms with Crippen LogP contribution in [-0.4, -0.2) is 22.5 Å². The van der Waals surface area contributed by atoms with Gasteiger partial charge in [-0.1, -0.05) is 12.1 Å². The summed E-state index contributed by atoms with van der Waals surface area (Å²) in [4.78, 5) is 2.09. The average molecular weight is 218 g/mol. The van der Waals surface area contributed by atoms with E-state index in [0.29, 0.717) is 0 Å². The van der Waals surface area contributed by atoms with Crippen LogP contribution >= 0.6 is 11.3 Å². The van der Waals surface area contributed by atoms with E-state index in [-0.39, 0.29) is 0 Å². The second-order valence-corrected chi connectivity index (χ2v) is 1.61. The monoisotopic (exact) mass is 219 g/mol. The van der Waals surface area contributed by atoms with Crippen molar-refractivity contribution in [2.45, 2.75) is 4.94 Å². The molecule has 1 aromatic rings. The molecule has 0 unspecified atom stereocenters. The first kappa shape index (κ1) is 7.50. The molecule has 0 aliphatic rings. The van der Waals surface area contributed by atoms with E-state index in [1.54, 1.807) is 33.9 Å². The van der Waals surface area contributed by atoms with Crippen LogP contribution in [0.4, 0.5) is 0 Å². The third-order valence-electron chi connectivity index (χ3n) is 0.425. The van der Waals surface area contributed by atoms with Gasteiger partial charge in [0, 0.05) is 0 Å². The van der Waals surface area contributed by atoms with E-state index in [9.17, 15) is 0 Å². The first-order valence-corrected chi connectivity index (χ1v) is 5.77. The van der Waals surface area contributed by atoms with Crippen LogP contribution in [0.15, 0.2) is 22.9 Å². The van der Waals surface area contributed by atoms with E-state index in [2.05, 4.69) is 4.94 Å². The molecule has 1 heterocycles. The van der Waals surface area contributed by atoms with Crippen LogP contribution in [0.25, 0.3) is 0 Å². The number of hydrogen-bond donors (Lipinski definition) is 0. The van der Waals surface area contributed by atoms with Crippen LogP contribution in [0.2, 0.25) is 4.94 Å². The van der Waals surface area contributed by atoms with Crippen LogP contribution in [0.1, 0.15) is 0 Å². The largest absolute Gasteiger partial charge is 0.152 e. The van der Waals surface area contributed by atoms with Gasteiger partial charge >= 0.3 is 27.5 Å². The number of hydrogen-bond acceptors (Lipinski definition) is 1. The summed E-state index contributed by atoms with van der Waals surface area (Å²) in [7, 11) is 0. The molecule has 0 amide bonds. The molecule has 0 aliphatic carbocycles. The van der Waals surface area contributed by atoms with Crippen molar-refractivity contribution >= 4 is 33.9 Å². The Bertz CT molecular complexity index is 64.6. The van der Waals surface area contributed by atoms with Crippen LogP contribution < -0.4 is 0 Å². The van der Waals surface area contributed by atoms with E-state index in [0.717, 1.165) is 0 Å². The normalized spacial score (nSPS) is 6.57. The summed E-state index contributed by atoms with van der Waals surface area (Å²) in [6, 6.07) is 4.04. The third-order valence-corrected chi connectivity index (χ3v) is 1.05. The van der Waals surface area contributed by atoms with E-state index in [1.807, 2.05) is 22.9 Å². The summed E-state index contributed by atoms with van der Waals surface area (Å²) in [6.07, 6.45) is 0. The summed E-state index contributed by atoms with van der Waals surface area (Å²) < 4.78 is 0. The zero-order chi connectivity index (χ0) is 5.54. The molecule has 0 saturated carbocycles. The Morgan fingerprint density at radius 1 is 1.14 bits per heavy atom. The predicted octanol–water partition coefficient (Wildman–Crippen LogP) is 1.95. The van der Waals surface area contributed by atoms with E-state index < -0.39 is 0 Å². The van der Waals surface area contributed by atoms with Crippen LogP contribution in [0, 0.1) is 0 Å². The molecule has 0 saturated heterocycles. The molecule has 0 N–H and O–H groups in total. The standard InChI is InChI=1S/C4H4S.CH3.Sn/c1-2-4-5-3-1;;/h1-4H;1H3;. The van der Waals surface area contributed by atoms with Crippen molar-refractivity contribution in [3.63, 3.8) is 0 Å². The minimum atomic E-state index is 1.55. The van der Waals surface area contributed by atoms with Gasteiger partial charge in [-0.25, -0.2) is 0 Å². The first-order chi connectivity index (χ1) is 3.50. The van der Waals surface area contributed by atoms with Gasteiger partial charge in [-0.15, -0.1) is 0 Å². The maximum atomic E-state index is 2.09. The molecule has 0 aliphatic heterocycles. The average Bonchev–Trinajstić information content (AvgIpc) is 2.23. The van der Waals surface area contributed by atoms with Gasteiger partial charge in [0.15, 0.2) is 0 Å². The molecular weight excluding hydrogens is 211 g/mol. The van der Waals surface area contributed by atoms with Crippen molar-refractivity contribution in [1.82, 2.24) is 0 Å². The van der Waals surface area contributed by atoms with Gasteiger partial charge in [-0.2, -0.15) is 11.3 Å².